The molecule has 0 spiro atoms. The fourth-order valence-electron chi connectivity index (χ4n) is 3.21. The van der Waals surface area contributed by atoms with Gasteiger partial charge in [0, 0.05) is 38.7 Å². The van der Waals surface area contributed by atoms with Crippen molar-refractivity contribution in [2.75, 3.05) is 25.0 Å². The molecule has 8 heteroatoms. The maximum atomic E-state index is 12.7. The van der Waals surface area contributed by atoms with Gasteiger partial charge in [0.15, 0.2) is 5.13 Å². The first kappa shape index (κ1) is 14.8. The Labute approximate surface area is 138 Å². The standard InChI is InChI=1S/C15H19N5O2S/c1-20-7-9(4-17-20)10-5-16-6-11(10)14(21)19-15-18-12-2-3-22-8-13(12)23-15/h4,7,10-11,16H,2-3,5-6,8H2,1H3,(H,18,19,21)/t10-,11+/m1/s1. The van der Waals surface area contributed by atoms with Gasteiger partial charge < -0.3 is 15.4 Å². The van der Waals surface area contributed by atoms with Gasteiger partial charge in [0.2, 0.25) is 5.91 Å². The third-order valence-electron chi connectivity index (χ3n) is 4.43. The maximum absolute atomic E-state index is 12.7. The van der Waals surface area contributed by atoms with Gasteiger partial charge in [-0.25, -0.2) is 4.98 Å². The van der Waals surface area contributed by atoms with Gasteiger partial charge in [-0.1, -0.05) is 11.3 Å². The second-order valence-electron chi connectivity index (χ2n) is 6.00. The van der Waals surface area contributed by atoms with Crippen molar-refractivity contribution in [1.82, 2.24) is 20.1 Å². The Hall–Kier alpha value is -1.77. The molecule has 4 rings (SSSR count). The third-order valence-corrected chi connectivity index (χ3v) is 5.42. The van der Waals surface area contributed by atoms with Crippen molar-refractivity contribution in [3.8, 4) is 0 Å². The number of hydrogen-bond donors (Lipinski definition) is 2. The number of rotatable bonds is 3. The zero-order chi connectivity index (χ0) is 15.8. The molecule has 2 aromatic rings. The molecule has 4 heterocycles. The van der Waals surface area contributed by atoms with Gasteiger partial charge in [0.05, 0.1) is 35.9 Å². The Kier molecular flexibility index (Phi) is 3.88. The molecule has 0 unspecified atom stereocenters. The summed E-state index contributed by atoms with van der Waals surface area (Å²) >= 11 is 1.52. The molecule has 0 aliphatic carbocycles. The average Bonchev–Trinajstić information content (AvgIpc) is 3.24. The zero-order valence-corrected chi connectivity index (χ0v) is 13.7. The molecule has 1 saturated heterocycles. The van der Waals surface area contributed by atoms with Crippen molar-refractivity contribution in [2.45, 2.75) is 18.9 Å². The lowest BCUT2D eigenvalue weighted by Crippen LogP contribution is -2.28. The Morgan fingerprint density at radius 1 is 1.52 bits per heavy atom. The average molecular weight is 333 g/mol. The number of anilines is 1. The predicted molar refractivity (Wildman–Crippen MR) is 86.4 cm³/mol. The van der Waals surface area contributed by atoms with Gasteiger partial charge >= 0.3 is 0 Å². The highest BCUT2D eigenvalue weighted by atomic mass is 32.1. The van der Waals surface area contributed by atoms with Gasteiger partial charge in [0.1, 0.15) is 0 Å². The van der Waals surface area contributed by atoms with E-state index >= 15 is 0 Å². The number of fused-ring (bicyclic) bond motifs is 1. The summed E-state index contributed by atoms with van der Waals surface area (Å²) in [5, 5.41) is 11.2. The highest BCUT2D eigenvalue weighted by Gasteiger charge is 2.35. The number of nitrogens with one attached hydrogen (secondary N) is 2. The summed E-state index contributed by atoms with van der Waals surface area (Å²) in [5.41, 5.74) is 2.16. The number of ether oxygens (including phenoxy) is 1. The van der Waals surface area contributed by atoms with Crippen LogP contribution >= 0.6 is 11.3 Å². The number of carbonyl (C=O) groups excluding carboxylic acids is 1. The Bertz CT molecular complexity index is 702. The summed E-state index contributed by atoms with van der Waals surface area (Å²) in [7, 11) is 1.89. The highest BCUT2D eigenvalue weighted by Crippen LogP contribution is 2.31. The van der Waals surface area contributed by atoms with E-state index in [1.54, 1.807) is 4.68 Å². The minimum absolute atomic E-state index is 0.0240. The van der Waals surface area contributed by atoms with Crippen LogP contribution in [0.4, 0.5) is 5.13 Å². The third kappa shape index (κ3) is 2.89. The summed E-state index contributed by atoms with van der Waals surface area (Å²) in [6.45, 7) is 2.79. The lowest BCUT2D eigenvalue weighted by molar-refractivity contribution is -0.119. The first-order valence-corrected chi connectivity index (χ1v) is 8.59. The van der Waals surface area contributed by atoms with Crippen LogP contribution < -0.4 is 10.6 Å². The van der Waals surface area contributed by atoms with Gasteiger partial charge in [-0.15, -0.1) is 0 Å². The van der Waals surface area contributed by atoms with E-state index in [2.05, 4.69) is 20.7 Å². The molecular weight excluding hydrogens is 314 g/mol. The summed E-state index contributed by atoms with van der Waals surface area (Å²) in [4.78, 5) is 18.3. The zero-order valence-electron chi connectivity index (χ0n) is 12.9. The SMILES string of the molecule is Cn1cc([C@H]2CNC[C@@H]2C(=O)Nc2nc3c(s2)COCC3)cn1. The smallest absolute Gasteiger partial charge is 0.231 e. The van der Waals surface area contributed by atoms with E-state index in [9.17, 15) is 4.79 Å². The number of aryl methyl sites for hydroxylation is 1. The van der Waals surface area contributed by atoms with Crippen LogP contribution in [0.25, 0.3) is 0 Å². The molecule has 1 amide bonds. The Balaban J connectivity index is 1.48. The molecule has 2 aromatic heterocycles. The van der Waals surface area contributed by atoms with Crippen LogP contribution in [0.15, 0.2) is 12.4 Å². The lowest BCUT2D eigenvalue weighted by atomic mass is 9.90. The number of hydrogen-bond acceptors (Lipinski definition) is 6. The molecule has 2 aliphatic rings. The number of nitrogens with zero attached hydrogens (tertiary/aromatic N) is 3. The number of amides is 1. The minimum Gasteiger partial charge on any atom is -0.375 e. The van der Waals surface area contributed by atoms with Crippen LogP contribution in [0.2, 0.25) is 0 Å². The summed E-state index contributed by atoms with van der Waals surface area (Å²) in [5.74, 6) is 0.0777. The first-order valence-electron chi connectivity index (χ1n) is 7.77. The van der Waals surface area contributed by atoms with Crippen molar-refractivity contribution >= 4 is 22.4 Å². The van der Waals surface area contributed by atoms with Crippen LogP contribution in [0.3, 0.4) is 0 Å². The van der Waals surface area contributed by atoms with Crippen LogP contribution in [0.5, 0.6) is 0 Å². The fourth-order valence-corrected chi connectivity index (χ4v) is 4.16. The maximum Gasteiger partial charge on any atom is 0.231 e. The van der Waals surface area contributed by atoms with E-state index < -0.39 is 0 Å². The normalized spacial score (nSPS) is 23.7. The van der Waals surface area contributed by atoms with E-state index in [0.29, 0.717) is 24.9 Å². The van der Waals surface area contributed by atoms with Crippen molar-refractivity contribution < 1.29 is 9.53 Å². The molecule has 0 saturated carbocycles. The van der Waals surface area contributed by atoms with Gasteiger partial charge in [-0.3, -0.25) is 9.48 Å². The van der Waals surface area contributed by atoms with E-state index in [4.69, 9.17) is 4.74 Å². The second kappa shape index (κ2) is 6.03. The van der Waals surface area contributed by atoms with Crippen LogP contribution in [0, 0.1) is 5.92 Å². The molecule has 2 N–H and O–H groups in total. The molecule has 122 valence electrons. The number of thiazole rings is 1. The highest BCUT2D eigenvalue weighted by molar-refractivity contribution is 7.15. The molecule has 23 heavy (non-hydrogen) atoms. The first-order chi connectivity index (χ1) is 11.2. The van der Waals surface area contributed by atoms with E-state index in [1.165, 1.54) is 11.3 Å². The van der Waals surface area contributed by atoms with Crippen molar-refractivity contribution in [3.05, 3.63) is 28.5 Å². The molecule has 0 bridgehead atoms. The second-order valence-corrected chi connectivity index (χ2v) is 7.08. The predicted octanol–water partition coefficient (Wildman–Crippen LogP) is 0.891. The topological polar surface area (TPSA) is 81.1 Å². The lowest BCUT2D eigenvalue weighted by Gasteiger charge is -2.15. The van der Waals surface area contributed by atoms with Gasteiger partial charge in [-0.2, -0.15) is 5.10 Å². The molecule has 0 radical (unpaired) electrons. The molecule has 2 aliphatic heterocycles. The van der Waals surface area contributed by atoms with Crippen molar-refractivity contribution in [3.63, 3.8) is 0 Å². The summed E-state index contributed by atoms with van der Waals surface area (Å²) in [6, 6.07) is 0. The monoisotopic (exact) mass is 333 g/mol. The van der Waals surface area contributed by atoms with E-state index in [0.717, 1.165) is 29.1 Å². The van der Waals surface area contributed by atoms with Crippen molar-refractivity contribution in [1.29, 1.82) is 0 Å². The van der Waals surface area contributed by atoms with E-state index in [1.807, 2.05) is 19.4 Å². The molecule has 2 atom stereocenters. The Morgan fingerprint density at radius 3 is 3.22 bits per heavy atom. The molecular formula is C15H19N5O2S. The summed E-state index contributed by atoms with van der Waals surface area (Å²) < 4.78 is 7.20. The Morgan fingerprint density at radius 2 is 2.43 bits per heavy atom. The van der Waals surface area contributed by atoms with Gasteiger partial charge in [-0.05, 0) is 5.56 Å². The largest absolute Gasteiger partial charge is 0.375 e. The number of carbonyl (C=O) groups is 1. The van der Waals surface area contributed by atoms with Crippen LogP contribution in [-0.4, -0.2) is 40.4 Å². The molecule has 1 fully saturated rings. The molecule has 7 nitrogen and oxygen atoms in total. The minimum atomic E-state index is -0.101. The van der Waals surface area contributed by atoms with Crippen molar-refractivity contribution in [2.24, 2.45) is 13.0 Å². The van der Waals surface area contributed by atoms with Gasteiger partial charge in [0.25, 0.3) is 0 Å². The number of aromatic nitrogens is 3. The summed E-state index contributed by atoms with van der Waals surface area (Å²) in [6.07, 6.45) is 4.65. The van der Waals surface area contributed by atoms with Crippen LogP contribution in [-0.2, 0) is 29.6 Å². The van der Waals surface area contributed by atoms with Crippen LogP contribution in [0.1, 0.15) is 22.1 Å². The quantitative estimate of drug-likeness (QED) is 0.872. The fraction of sp³-hybridized carbons (Fsp3) is 0.533. The van der Waals surface area contributed by atoms with E-state index in [-0.39, 0.29) is 17.7 Å². The molecule has 0 aromatic carbocycles.